The predicted octanol–water partition coefficient (Wildman–Crippen LogP) is 5.55. The summed E-state index contributed by atoms with van der Waals surface area (Å²) in [5.74, 6) is -0.932. The minimum Gasteiger partial charge on any atom is -0.325 e. The van der Waals surface area contributed by atoms with Gasteiger partial charge in [-0.2, -0.15) is 17.5 Å². The number of rotatable bonds is 7. The highest BCUT2D eigenvalue weighted by Crippen LogP contribution is 2.31. The van der Waals surface area contributed by atoms with Gasteiger partial charge in [0.1, 0.15) is 6.04 Å². The topological polar surface area (TPSA) is 86.8 Å². The summed E-state index contributed by atoms with van der Waals surface area (Å²) in [6.07, 6.45) is -3.59. The van der Waals surface area contributed by atoms with Gasteiger partial charge in [-0.25, -0.2) is 8.42 Å². The zero-order chi connectivity index (χ0) is 28.4. The first kappa shape index (κ1) is 28.3. The van der Waals surface area contributed by atoms with Gasteiger partial charge in [-0.15, -0.1) is 0 Å². The van der Waals surface area contributed by atoms with Gasteiger partial charge in [0.25, 0.3) is 5.91 Å². The van der Waals surface area contributed by atoms with Crippen molar-refractivity contribution in [1.29, 1.82) is 0 Å². The number of carbonyl (C=O) groups is 2. The molecule has 1 N–H and O–H groups in total. The lowest BCUT2D eigenvalue weighted by atomic mass is 10.1. The summed E-state index contributed by atoms with van der Waals surface area (Å²) in [5, 5.41) is 2.76. The van der Waals surface area contributed by atoms with Crippen LogP contribution in [0.1, 0.15) is 42.6 Å². The Morgan fingerprint density at radius 1 is 0.949 bits per heavy atom. The lowest BCUT2D eigenvalue weighted by Gasteiger charge is -2.28. The van der Waals surface area contributed by atoms with Gasteiger partial charge in [-0.1, -0.05) is 18.2 Å². The number of benzene rings is 3. The van der Waals surface area contributed by atoms with Crippen LogP contribution >= 0.6 is 0 Å². The van der Waals surface area contributed by atoms with E-state index in [-0.39, 0.29) is 23.0 Å². The molecule has 0 spiro atoms. The molecule has 1 atom stereocenters. The van der Waals surface area contributed by atoms with E-state index in [4.69, 9.17) is 0 Å². The van der Waals surface area contributed by atoms with Crippen LogP contribution in [-0.4, -0.2) is 43.2 Å². The van der Waals surface area contributed by atoms with E-state index in [0.717, 1.165) is 24.3 Å². The summed E-state index contributed by atoms with van der Waals surface area (Å²) in [7, 11) is -4.02. The molecule has 39 heavy (non-hydrogen) atoms. The number of carbonyl (C=O) groups excluding carboxylic acids is 2. The number of para-hydroxylation sites is 1. The van der Waals surface area contributed by atoms with Crippen molar-refractivity contribution in [1.82, 2.24) is 4.31 Å². The fourth-order valence-electron chi connectivity index (χ4n) is 4.54. The summed E-state index contributed by atoms with van der Waals surface area (Å²) in [4.78, 5) is 27.4. The van der Waals surface area contributed by atoms with Gasteiger partial charge < -0.3 is 10.2 Å². The second kappa shape index (κ2) is 11.2. The maximum Gasteiger partial charge on any atom is 0.416 e. The Morgan fingerprint density at radius 2 is 1.56 bits per heavy atom. The maximum absolute atomic E-state index is 13.5. The van der Waals surface area contributed by atoms with Gasteiger partial charge in [0, 0.05) is 29.5 Å². The van der Waals surface area contributed by atoms with Crippen molar-refractivity contribution in [2.75, 3.05) is 16.8 Å². The third-order valence-corrected chi connectivity index (χ3v) is 8.39. The summed E-state index contributed by atoms with van der Waals surface area (Å²) >= 11 is 0. The number of anilines is 2. The molecule has 0 unspecified atom stereocenters. The fourth-order valence-corrected chi connectivity index (χ4v) is 6.20. The summed E-state index contributed by atoms with van der Waals surface area (Å²) in [5.41, 5.74) is 0.163. The Bertz CT molecular complexity index is 1430. The minimum absolute atomic E-state index is 0.0312. The molecule has 11 heteroatoms. The quantitative estimate of drug-likeness (QED) is 0.411. The SMILES string of the molecule is CC(C)N(C(=O)c1ccc(C(F)(F)F)cc1)c1ccc(S(=O)(=O)N2CCC[C@H]2C(=O)Nc2ccccc2)cc1. The van der Waals surface area contributed by atoms with Crippen molar-refractivity contribution in [2.24, 2.45) is 0 Å². The zero-order valence-electron chi connectivity index (χ0n) is 21.4. The second-order valence-corrected chi connectivity index (χ2v) is 11.4. The first-order chi connectivity index (χ1) is 18.4. The van der Waals surface area contributed by atoms with Gasteiger partial charge in [-0.3, -0.25) is 9.59 Å². The molecule has 0 aromatic heterocycles. The average Bonchev–Trinajstić information content (AvgIpc) is 3.40. The van der Waals surface area contributed by atoms with Crippen LogP contribution in [0.25, 0.3) is 0 Å². The van der Waals surface area contributed by atoms with Gasteiger partial charge in [-0.05, 0) is 87.4 Å². The van der Waals surface area contributed by atoms with E-state index in [1.165, 1.54) is 33.5 Å². The van der Waals surface area contributed by atoms with E-state index in [2.05, 4.69) is 5.32 Å². The molecule has 0 radical (unpaired) electrons. The number of sulfonamides is 1. The first-order valence-electron chi connectivity index (χ1n) is 12.4. The highest BCUT2D eigenvalue weighted by atomic mass is 32.2. The summed E-state index contributed by atoms with van der Waals surface area (Å²) in [6.45, 7) is 3.68. The molecule has 0 saturated carbocycles. The molecule has 7 nitrogen and oxygen atoms in total. The third-order valence-electron chi connectivity index (χ3n) is 6.46. The standard InChI is InChI=1S/C28H28F3N3O4S/c1-19(2)34(27(36)20-10-12-21(13-11-20)28(29,30)31)23-14-16-24(17-15-23)39(37,38)33-18-6-9-25(33)26(35)32-22-7-4-3-5-8-22/h3-5,7-8,10-17,19,25H,6,9,18H2,1-2H3,(H,32,35)/t25-/m0/s1. The molecule has 1 aliphatic rings. The van der Waals surface area contributed by atoms with Crippen LogP contribution in [0.2, 0.25) is 0 Å². The molecule has 1 saturated heterocycles. The Balaban J connectivity index is 1.54. The molecule has 1 heterocycles. The summed E-state index contributed by atoms with van der Waals surface area (Å²) < 4.78 is 66.9. The van der Waals surface area contributed by atoms with Crippen LogP contribution in [0.15, 0.2) is 83.8 Å². The van der Waals surface area contributed by atoms with Crippen LogP contribution in [-0.2, 0) is 21.0 Å². The molecule has 0 bridgehead atoms. The minimum atomic E-state index is -4.52. The Morgan fingerprint density at radius 3 is 2.13 bits per heavy atom. The van der Waals surface area contributed by atoms with E-state index >= 15 is 0 Å². The molecule has 1 fully saturated rings. The molecule has 1 aliphatic heterocycles. The largest absolute Gasteiger partial charge is 0.416 e. The Hall–Kier alpha value is -3.70. The normalized spacial score (nSPS) is 16.3. The number of halogens is 3. The highest BCUT2D eigenvalue weighted by molar-refractivity contribution is 7.89. The monoisotopic (exact) mass is 559 g/mol. The Kier molecular flexibility index (Phi) is 8.12. The molecular formula is C28H28F3N3O4S. The van der Waals surface area contributed by atoms with Gasteiger partial charge in [0.05, 0.1) is 10.5 Å². The lowest BCUT2D eigenvalue weighted by Crippen LogP contribution is -2.43. The van der Waals surface area contributed by atoms with Crippen molar-refractivity contribution in [3.8, 4) is 0 Å². The average molecular weight is 560 g/mol. The maximum atomic E-state index is 13.5. The van der Waals surface area contributed by atoms with Crippen LogP contribution < -0.4 is 10.2 Å². The number of nitrogens with one attached hydrogen (secondary N) is 1. The van der Waals surface area contributed by atoms with Crippen LogP contribution in [0, 0.1) is 0 Å². The highest BCUT2D eigenvalue weighted by Gasteiger charge is 2.39. The molecule has 0 aliphatic carbocycles. The van der Waals surface area contributed by atoms with Crippen molar-refractivity contribution < 1.29 is 31.2 Å². The number of nitrogens with zero attached hydrogens (tertiary/aromatic N) is 2. The van der Waals surface area contributed by atoms with Crippen LogP contribution in [0.4, 0.5) is 24.5 Å². The lowest BCUT2D eigenvalue weighted by molar-refractivity contribution is -0.137. The first-order valence-corrected chi connectivity index (χ1v) is 13.8. The van der Waals surface area contributed by atoms with Crippen molar-refractivity contribution >= 4 is 33.2 Å². The van der Waals surface area contributed by atoms with Gasteiger partial charge in [0.15, 0.2) is 0 Å². The molecule has 2 amide bonds. The molecule has 206 valence electrons. The Labute approximate surface area is 225 Å². The number of hydrogen-bond acceptors (Lipinski definition) is 4. The molecule has 3 aromatic rings. The van der Waals surface area contributed by atoms with Crippen LogP contribution in [0.5, 0.6) is 0 Å². The van der Waals surface area contributed by atoms with E-state index < -0.39 is 39.6 Å². The van der Waals surface area contributed by atoms with E-state index in [1.807, 2.05) is 6.07 Å². The van der Waals surface area contributed by atoms with Crippen molar-refractivity contribution in [3.63, 3.8) is 0 Å². The summed E-state index contributed by atoms with van der Waals surface area (Å²) in [6, 6.07) is 17.2. The fraction of sp³-hybridized carbons (Fsp3) is 0.286. The van der Waals surface area contributed by atoms with Crippen molar-refractivity contribution in [2.45, 2.75) is 49.8 Å². The second-order valence-electron chi connectivity index (χ2n) is 9.47. The number of amides is 2. The number of alkyl halides is 3. The number of hydrogen-bond donors (Lipinski definition) is 1. The zero-order valence-corrected chi connectivity index (χ0v) is 22.2. The van der Waals surface area contributed by atoms with E-state index in [0.29, 0.717) is 24.2 Å². The van der Waals surface area contributed by atoms with Gasteiger partial charge >= 0.3 is 6.18 Å². The molecule has 3 aromatic carbocycles. The van der Waals surface area contributed by atoms with Gasteiger partial charge in [0.2, 0.25) is 15.9 Å². The van der Waals surface area contributed by atoms with Crippen LogP contribution in [0.3, 0.4) is 0 Å². The molecule has 4 rings (SSSR count). The van der Waals surface area contributed by atoms with Crippen molar-refractivity contribution in [3.05, 3.63) is 90.0 Å². The predicted molar refractivity (Wildman–Crippen MR) is 142 cm³/mol. The molecular weight excluding hydrogens is 531 g/mol. The smallest absolute Gasteiger partial charge is 0.325 e. The van der Waals surface area contributed by atoms with E-state index in [9.17, 15) is 31.2 Å². The van der Waals surface area contributed by atoms with E-state index in [1.54, 1.807) is 38.1 Å². The third kappa shape index (κ3) is 6.15.